The van der Waals surface area contributed by atoms with Crippen LogP contribution in [0.25, 0.3) is 0 Å². The third-order valence-electron chi connectivity index (χ3n) is 5.29. The van der Waals surface area contributed by atoms with Crippen LogP contribution in [-0.2, 0) is 4.79 Å². The minimum Gasteiger partial charge on any atom is -0.497 e. The molecule has 1 amide bonds. The molecule has 0 bridgehead atoms. The van der Waals surface area contributed by atoms with Crippen LogP contribution in [0.3, 0.4) is 0 Å². The molecule has 1 aromatic carbocycles. The number of carbonyl (C=O) groups is 1. The van der Waals surface area contributed by atoms with Crippen molar-refractivity contribution in [3.63, 3.8) is 0 Å². The summed E-state index contributed by atoms with van der Waals surface area (Å²) in [6.07, 6.45) is 7.26. The first-order chi connectivity index (χ1) is 12.7. The quantitative estimate of drug-likeness (QED) is 0.894. The number of ether oxygens (including phenoxy) is 1. The number of hydrogen-bond donors (Lipinski definition) is 1. The van der Waals surface area contributed by atoms with Gasteiger partial charge in [-0.05, 0) is 43.2 Å². The van der Waals surface area contributed by atoms with E-state index >= 15 is 0 Å². The largest absolute Gasteiger partial charge is 0.497 e. The molecule has 1 atom stereocenters. The minimum atomic E-state index is 0.0171. The summed E-state index contributed by atoms with van der Waals surface area (Å²) in [5, 5.41) is 3.35. The van der Waals surface area contributed by atoms with Gasteiger partial charge < -0.3 is 15.0 Å². The second-order valence-electron chi connectivity index (χ2n) is 7.03. The maximum absolute atomic E-state index is 12.4. The first kappa shape index (κ1) is 16.8. The van der Waals surface area contributed by atoms with Gasteiger partial charge in [0.05, 0.1) is 13.2 Å². The molecule has 0 radical (unpaired) electrons. The zero-order valence-corrected chi connectivity index (χ0v) is 15.0. The Labute approximate surface area is 153 Å². The van der Waals surface area contributed by atoms with Gasteiger partial charge >= 0.3 is 0 Å². The zero-order chi connectivity index (χ0) is 17.9. The number of aromatic nitrogens is 2. The van der Waals surface area contributed by atoms with Gasteiger partial charge in [0, 0.05) is 36.5 Å². The molecule has 1 aliphatic heterocycles. The molecule has 1 aromatic heterocycles. The van der Waals surface area contributed by atoms with Crippen molar-refractivity contribution in [2.24, 2.45) is 0 Å². The summed E-state index contributed by atoms with van der Waals surface area (Å²) in [5.74, 6) is 2.08. The summed E-state index contributed by atoms with van der Waals surface area (Å²) in [6.45, 7) is 0.613. The first-order valence-electron chi connectivity index (χ1n) is 9.27. The van der Waals surface area contributed by atoms with Crippen LogP contribution in [0.15, 0.2) is 36.5 Å². The normalized spacial score (nSPS) is 20.6. The summed E-state index contributed by atoms with van der Waals surface area (Å²) in [6, 6.07) is 9.61. The van der Waals surface area contributed by atoms with Crippen LogP contribution in [0.2, 0.25) is 0 Å². The Kier molecular flexibility index (Phi) is 4.73. The summed E-state index contributed by atoms with van der Waals surface area (Å²) in [4.78, 5) is 23.3. The Morgan fingerprint density at radius 2 is 1.92 bits per heavy atom. The van der Waals surface area contributed by atoms with E-state index in [4.69, 9.17) is 9.72 Å². The molecule has 2 aliphatic rings. The number of hydrogen-bond acceptors (Lipinski definition) is 5. The van der Waals surface area contributed by atoms with E-state index in [1.807, 2.05) is 36.5 Å². The lowest BCUT2D eigenvalue weighted by molar-refractivity contribution is -0.117. The Bertz CT molecular complexity index is 772. The topological polar surface area (TPSA) is 67.3 Å². The van der Waals surface area contributed by atoms with Crippen molar-refractivity contribution in [3.8, 4) is 5.75 Å². The van der Waals surface area contributed by atoms with Crippen molar-refractivity contribution in [2.45, 2.75) is 44.1 Å². The van der Waals surface area contributed by atoms with Crippen LogP contribution in [0.1, 0.15) is 43.7 Å². The number of nitrogens with zero attached hydrogens (tertiary/aromatic N) is 3. The fourth-order valence-electron chi connectivity index (χ4n) is 3.89. The van der Waals surface area contributed by atoms with Crippen molar-refractivity contribution >= 4 is 17.5 Å². The van der Waals surface area contributed by atoms with Gasteiger partial charge in [-0.3, -0.25) is 4.79 Å². The molecule has 2 fully saturated rings. The number of rotatable bonds is 5. The van der Waals surface area contributed by atoms with Gasteiger partial charge in [0.15, 0.2) is 0 Å². The molecular weight excluding hydrogens is 328 g/mol. The third-order valence-corrected chi connectivity index (χ3v) is 5.29. The number of benzene rings is 1. The molecule has 1 saturated carbocycles. The van der Waals surface area contributed by atoms with Gasteiger partial charge in [-0.25, -0.2) is 9.97 Å². The average Bonchev–Trinajstić information content (AvgIpc) is 3.32. The lowest BCUT2D eigenvalue weighted by atomic mass is 10.0. The van der Waals surface area contributed by atoms with Crippen LogP contribution < -0.4 is 15.0 Å². The van der Waals surface area contributed by atoms with Gasteiger partial charge in [0.2, 0.25) is 11.9 Å². The van der Waals surface area contributed by atoms with Crippen molar-refractivity contribution in [2.75, 3.05) is 23.9 Å². The zero-order valence-electron chi connectivity index (χ0n) is 15.0. The maximum Gasteiger partial charge on any atom is 0.229 e. The van der Waals surface area contributed by atoms with Crippen molar-refractivity contribution in [3.05, 3.63) is 42.2 Å². The highest BCUT2D eigenvalue weighted by atomic mass is 16.5. The fraction of sp³-hybridized carbons (Fsp3) is 0.450. The van der Waals surface area contributed by atoms with E-state index in [0.29, 0.717) is 24.8 Å². The van der Waals surface area contributed by atoms with Gasteiger partial charge in [-0.1, -0.05) is 12.8 Å². The third kappa shape index (κ3) is 3.49. The molecule has 136 valence electrons. The van der Waals surface area contributed by atoms with Crippen molar-refractivity contribution < 1.29 is 9.53 Å². The van der Waals surface area contributed by atoms with E-state index in [1.165, 1.54) is 25.7 Å². The Balaban J connectivity index is 1.43. The number of amides is 1. The van der Waals surface area contributed by atoms with Crippen LogP contribution in [0.4, 0.5) is 11.6 Å². The summed E-state index contributed by atoms with van der Waals surface area (Å²) < 4.78 is 5.18. The second kappa shape index (κ2) is 7.32. The number of anilines is 2. The smallest absolute Gasteiger partial charge is 0.229 e. The van der Waals surface area contributed by atoms with Gasteiger partial charge in [0.25, 0.3) is 0 Å². The molecule has 1 N–H and O–H groups in total. The van der Waals surface area contributed by atoms with Crippen molar-refractivity contribution in [1.82, 2.24) is 9.97 Å². The lowest BCUT2D eigenvalue weighted by Gasteiger charge is -2.18. The van der Waals surface area contributed by atoms with E-state index in [9.17, 15) is 4.79 Å². The summed E-state index contributed by atoms with van der Waals surface area (Å²) in [7, 11) is 1.63. The highest BCUT2D eigenvalue weighted by Gasteiger charge is 2.31. The summed E-state index contributed by atoms with van der Waals surface area (Å²) >= 11 is 0. The number of nitrogens with one attached hydrogen (secondary N) is 1. The van der Waals surface area contributed by atoms with Crippen LogP contribution in [0.5, 0.6) is 5.75 Å². The van der Waals surface area contributed by atoms with Crippen LogP contribution in [0, 0.1) is 0 Å². The maximum atomic E-state index is 12.4. The number of carbonyl (C=O) groups excluding carboxylic acids is 1. The van der Waals surface area contributed by atoms with E-state index in [-0.39, 0.29) is 11.9 Å². The second-order valence-corrected chi connectivity index (χ2v) is 7.03. The predicted molar refractivity (Wildman–Crippen MR) is 101 cm³/mol. The Hall–Kier alpha value is -2.63. The van der Waals surface area contributed by atoms with Gasteiger partial charge in [-0.2, -0.15) is 0 Å². The molecular formula is C20H24N4O2. The highest BCUT2D eigenvalue weighted by Crippen LogP contribution is 2.33. The molecule has 26 heavy (non-hydrogen) atoms. The fourth-order valence-corrected chi connectivity index (χ4v) is 3.89. The van der Waals surface area contributed by atoms with E-state index in [2.05, 4.69) is 10.3 Å². The number of methoxy groups -OCH3 is 1. The van der Waals surface area contributed by atoms with Crippen LogP contribution in [-0.4, -0.2) is 35.6 Å². The monoisotopic (exact) mass is 352 g/mol. The standard InChI is InChI=1S/C20H24N4O2/c1-26-17-8-6-16(7-9-17)24-13-15(12-19(24)25)22-20-21-11-10-18(23-20)14-4-2-3-5-14/h6-11,14-15H,2-5,12-13H2,1H3,(H,21,22,23)/t15-/m1/s1. The SMILES string of the molecule is COc1ccc(N2C[C@H](Nc3nccc(C4CCCC4)n3)CC2=O)cc1. The molecule has 0 unspecified atom stereocenters. The van der Waals surface area contributed by atoms with Crippen molar-refractivity contribution in [1.29, 1.82) is 0 Å². The highest BCUT2D eigenvalue weighted by molar-refractivity contribution is 5.96. The molecule has 1 aliphatic carbocycles. The molecule has 2 heterocycles. The predicted octanol–water partition coefficient (Wildman–Crippen LogP) is 3.36. The summed E-state index contributed by atoms with van der Waals surface area (Å²) in [5.41, 5.74) is 2.01. The lowest BCUT2D eigenvalue weighted by Crippen LogP contribution is -2.28. The minimum absolute atomic E-state index is 0.0171. The molecule has 6 nitrogen and oxygen atoms in total. The van der Waals surface area contributed by atoms with E-state index < -0.39 is 0 Å². The van der Waals surface area contributed by atoms with E-state index in [0.717, 1.165) is 17.1 Å². The van der Waals surface area contributed by atoms with Crippen LogP contribution >= 0.6 is 0 Å². The molecule has 6 heteroatoms. The van der Waals surface area contributed by atoms with E-state index in [1.54, 1.807) is 12.0 Å². The molecule has 1 saturated heterocycles. The van der Waals surface area contributed by atoms with Gasteiger partial charge in [-0.15, -0.1) is 0 Å². The average molecular weight is 352 g/mol. The Morgan fingerprint density at radius 1 is 1.15 bits per heavy atom. The Morgan fingerprint density at radius 3 is 2.65 bits per heavy atom. The first-order valence-corrected chi connectivity index (χ1v) is 9.27. The molecule has 4 rings (SSSR count). The van der Waals surface area contributed by atoms with Gasteiger partial charge in [0.1, 0.15) is 5.75 Å². The molecule has 0 spiro atoms. The molecule has 2 aromatic rings.